The second kappa shape index (κ2) is 6.00. The highest BCUT2D eigenvalue weighted by molar-refractivity contribution is 9.10. The summed E-state index contributed by atoms with van der Waals surface area (Å²) in [4.78, 5) is 20.0. The summed E-state index contributed by atoms with van der Waals surface area (Å²) in [5.74, 6) is 0.0582. The molecule has 0 aliphatic rings. The van der Waals surface area contributed by atoms with Crippen LogP contribution < -0.4 is 5.73 Å². The molecule has 6 heteroatoms. The molecular weight excluding hydrogens is 322 g/mol. The van der Waals surface area contributed by atoms with E-state index in [2.05, 4.69) is 25.9 Å². The van der Waals surface area contributed by atoms with Crippen molar-refractivity contribution in [3.05, 3.63) is 40.0 Å². The highest BCUT2D eigenvalue weighted by Crippen LogP contribution is 2.27. The lowest BCUT2D eigenvalue weighted by atomic mass is 10.1. The van der Waals surface area contributed by atoms with Crippen molar-refractivity contribution in [2.45, 2.75) is 13.8 Å². The largest absolute Gasteiger partial charge is 0.462 e. The zero-order valence-corrected chi connectivity index (χ0v) is 12.8. The summed E-state index contributed by atoms with van der Waals surface area (Å²) < 4.78 is 5.76. The molecule has 1 heterocycles. The standard InChI is InChI=1S/C14H14BrN3O2/c1-3-20-14(19)10-7-17-13(18-12(10)16)9-5-4-8(2)6-11(9)15/h4-7H,3H2,1-2H3,(H2,16,17,18). The zero-order chi connectivity index (χ0) is 14.7. The molecular formula is C14H14BrN3O2. The van der Waals surface area contributed by atoms with Gasteiger partial charge in [0.2, 0.25) is 0 Å². The first-order valence-corrected chi connectivity index (χ1v) is 6.88. The van der Waals surface area contributed by atoms with Crippen molar-refractivity contribution in [2.24, 2.45) is 0 Å². The molecule has 0 saturated heterocycles. The van der Waals surface area contributed by atoms with Crippen LogP contribution in [0.1, 0.15) is 22.8 Å². The van der Waals surface area contributed by atoms with Crippen LogP contribution in [-0.2, 0) is 4.74 Å². The number of benzene rings is 1. The maximum Gasteiger partial charge on any atom is 0.343 e. The summed E-state index contributed by atoms with van der Waals surface area (Å²) in [5, 5.41) is 0. The minimum Gasteiger partial charge on any atom is -0.462 e. The first kappa shape index (κ1) is 14.5. The van der Waals surface area contributed by atoms with Crippen LogP contribution in [-0.4, -0.2) is 22.5 Å². The van der Waals surface area contributed by atoms with E-state index in [9.17, 15) is 4.79 Å². The van der Waals surface area contributed by atoms with Gasteiger partial charge in [0.25, 0.3) is 0 Å². The molecule has 2 N–H and O–H groups in total. The van der Waals surface area contributed by atoms with Gasteiger partial charge >= 0.3 is 5.97 Å². The number of halogens is 1. The second-order valence-corrected chi connectivity index (χ2v) is 5.05. The Balaban J connectivity index is 2.40. The predicted molar refractivity (Wildman–Crippen MR) is 80.3 cm³/mol. The Kier molecular flexibility index (Phi) is 4.34. The molecule has 0 radical (unpaired) electrons. The van der Waals surface area contributed by atoms with E-state index in [1.807, 2.05) is 25.1 Å². The third-order valence-electron chi connectivity index (χ3n) is 2.68. The summed E-state index contributed by atoms with van der Waals surface area (Å²) >= 11 is 3.47. The van der Waals surface area contributed by atoms with E-state index in [0.717, 1.165) is 15.6 Å². The van der Waals surface area contributed by atoms with E-state index in [4.69, 9.17) is 10.5 Å². The Morgan fingerprint density at radius 1 is 1.45 bits per heavy atom. The highest BCUT2D eigenvalue weighted by atomic mass is 79.9. The first-order chi connectivity index (χ1) is 9.52. The van der Waals surface area contributed by atoms with Crippen molar-refractivity contribution in [1.82, 2.24) is 9.97 Å². The average Bonchev–Trinajstić information content (AvgIpc) is 2.38. The summed E-state index contributed by atoms with van der Waals surface area (Å²) in [6, 6.07) is 5.82. The Bertz CT molecular complexity index is 659. The van der Waals surface area contributed by atoms with E-state index in [1.165, 1.54) is 6.20 Å². The molecule has 20 heavy (non-hydrogen) atoms. The van der Waals surface area contributed by atoms with Crippen LogP contribution in [0.3, 0.4) is 0 Å². The van der Waals surface area contributed by atoms with E-state index in [-0.39, 0.29) is 18.0 Å². The number of aryl methyl sites for hydroxylation is 1. The average molecular weight is 336 g/mol. The predicted octanol–water partition coefficient (Wildman–Crippen LogP) is 2.97. The van der Waals surface area contributed by atoms with E-state index < -0.39 is 5.97 Å². The molecule has 1 aromatic heterocycles. The number of hydrogen-bond acceptors (Lipinski definition) is 5. The Morgan fingerprint density at radius 3 is 2.80 bits per heavy atom. The van der Waals surface area contributed by atoms with Gasteiger partial charge in [0.15, 0.2) is 5.82 Å². The van der Waals surface area contributed by atoms with Crippen LogP contribution in [0.25, 0.3) is 11.4 Å². The van der Waals surface area contributed by atoms with Gasteiger partial charge in [-0.1, -0.05) is 22.0 Å². The van der Waals surface area contributed by atoms with Crippen molar-refractivity contribution < 1.29 is 9.53 Å². The molecule has 104 valence electrons. The molecule has 0 unspecified atom stereocenters. The summed E-state index contributed by atoms with van der Waals surface area (Å²) in [6.45, 7) is 4.00. The SMILES string of the molecule is CCOC(=O)c1cnc(-c2ccc(C)cc2Br)nc1N. The highest BCUT2D eigenvalue weighted by Gasteiger charge is 2.15. The number of nitrogens with zero attached hydrogens (tertiary/aromatic N) is 2. The number of carbonyl (C=O) groups is 1. The fourth-order valence-electron chi connectivity index (χ4n) is 1.69. The van der Waals surface area contributed by atoms with Crippen molar-refractivity contribution >= 4 is 27.7 Å². The molecule has 0 spiro atoms. The molecule has 1 aromatic carbocycles. The minimum absolute atomic E-state index is 0.112. The topological polar surface area (TPSA) is 78.1 Å². The lowest BCUT2D eigenvalue weighted by molar-refractivity contribution is 0.0527. The van der Waals surface area contributed by atoms with Gasteiger partial charge in [0.1, 0.15) is 11.4 Å². The van der Waals surface area contributed by atoms with Crippen LogP contribution in [0.2, 0.25) is 0 Å². The fourth-order valence-corrected chi connectivity index (χ4v) is 2.36. The smallest absolute Gasteiger partial charge is 0.343 e. The quantitative estimate of drug-likeness (QED) is 0.872. The van der Waals surface area contributed by atoms with Crippen LogP contribution in [0.15, 0.2) is 28.9 Å². The van der Waals surface area contributed by atoms with Gasteiger partial charge < -0.3 is 10.5 Å². The molecule has 0 aliphatic heterocycles. The molecule has 0 bridgehead atoms. The Hall–Kier alpha value is -1.95. The number of nitrogens with two attached hydrogens (primary N) is 1. The Labute approximate surface area is 125 Å². The monoisotopic (exact) mass is 335 g/mol. The van der Waals surface area contributed by atoms with Crippen molar-refractivity contribution in [1.29, 1.82) is 0 Å². The van der Waals surface area contributed by atoms with E-state index >= 15 is 0 Å². The maximum absolute atomic E-state index is 11.6. The van der Waals surface area contributed by atoms with Crippen LogP contribution in [0.4, 0.5) is 5.82 Å². The molecule has 0 aliphatic carbocycles. The van der Waals surface area contributed by atoms with Gasteiger partial charge in [0, 0.05) is 16.2 Å². The minimum atomic E-state index is -0.514. The zero-order valence-electron chi connectivity index (χ0n) is 11.2. The molecule has 0 amide bonds. The van der Waals surface area contributed by atoms with E-state index in [0.29, 0.717) is 5.82 Å². The Morgan fingerprint density at radius 2 is 2.20 bits per heavy atom. The number of hydrogen-bond donors (Lipinski definition) is 1. The van der Waals surface area contributed by atoms with Crippen molar-refractivity contribution in [3.63, 3.8) is 0 Å². The molecule has 0 saturated carbocycles. The third-order valence-corrected chi connectivity index (χ3v) is 3.34. The number of nitrogen functional groups attached to an aromatic ring is 1. The number of anilines is 1. The number of carbonyl (C=O) groups excluding carboxylic acids is 1. The number of rotatable bonds is 3. The van der Waals surface area contributed by atoms with Crippen molar-refractivity contribution in [3.8, 4) is 11.4 Å². The van der Waals surface area contributed by atoms with Gasteiger partial charge in [-0.3, -0.25) is 0 Å². The summed E-state index contributed by atoms with van der Waals surface area (Å²) in [5.41, 5.74) is 7.92. The summed E-state index contributed by atoms with van der Waals surface area (Å²) in [7, 11) is 0. The molecule has 0 atom stereocenters. The summed E-state index contributed by atoms with van der Waals surface area (Å²) in [6.07, 6.45) is 1.39. The molecule has 0 fully saturated rings. The van der Waals surface area contributed by atoms with Gasteiger partial charge in [0.05, 0.1) is 6.61 Å². The molecule has 2 rings (SSSR count). The number of esters is 1. The fraction of sp³-hybridized carbons (Fsp3) is 0.214. The second-order valence-electron chi connectivity index (χ2n) is 4.20. The maximum atomic E-state index is 11.6. The molecule has 5 nitrogen and oxygen atoms in total. The third kappa shape index (κ3) is 2.96. The van der Waals surface area contributed by atoms with Gasteiger partial charge in [-0.15, -0.1) is 0 Å². The number of aromatic nitrogens is 2. The van der Waals surface area contributed by atoms with Crippen LogP contribution >= 0.6 is 15.9 Å². The van der Waals surface area contributed by atoms with E-state index in [1.54, 1.807) is 6.92 Å². The lowest BCUT2D eigenvalue weighted by Gasteiger charge is -2.08. The van der Waals surface area contributed by atoms with Gasteiger partial charge in [-0.2, -0.15) is 0 Å². The molecule has 2 aromatic rings. The lowest BCUT2D eigenvalue weighted by Crippen LogP contribution is -2.10. The van der Waals surface area contributed by atoms with Crippen molar-refractivity contribution in [2.75, 3.05) is 12.3 Å². The van der Waals surface area contributed by atoms with Crippen LogP contribution in [0.5, 0.6) is 0 Å². The number of ether oxygens (including phenoxy) is 1. The van der Waals surface area contributed by atoms with Gasteiger partial charge in [-0.05, 0) is 31.5 Å². The van der Waals surface area contributed by atoms with Crippen LogP contribution in [0, 0.1) is 6.92 Å². The normalized spacial score (nSPS) is 10.3. The van der Waals surface area contributed by atoms with Gasteiger partial charge in [-0.25, -0.2) is 14.8 Å². The first-order valence-electron chi connectivity index (χ1n) is 6.09.